The Balaban J connectivity index is 4.66. The molecule has 0 heteroatoms. The maximum Gasteiger partial charge on any atom is -0.0135 e. The molecular weight excluding hydrogens is 144 g/mol. The smallest absolute Gasteiger partial charge is 0.0135 e. The molecule has 0 N–H and O–H groups in total. The van der Waals surface area contributed by atoms with Crippen molar-refractivity contribution in [3.63, 3.8) is 0 Å². The van der Waals surface area contributed by atoms with Gasteiger partial charge in [0.25, 0.3) is 0 Å². The van der Waals surface area contributed by atoms with Crippen LogP contribution in [0.5, 0.6) is 0 Å². The lowest BCUT2D eigenvalue weighted by Gasteiger charge is -2.31. The van der Waals surface area contributed by atoms with Crippen LogP contribution in [0.25, 0.3) is 0 Å². The van der Waals surface area contributed by atoms with Gasteiger partial charge in [0.2, 0.25) is 0 Å². The Hall–Kier alpha value is -0.520. The van der Waals surface area contributed by atoms with Gasteiger partial charge in [-0.05, 0) is 22.0 Å². The van der Waals surface area contributed by atoms with Crippen LogP contribution in [0, 0.1) is 10.8 Å². The molecule has 0 amide bonds. The van der Waals surface area contributed by atoms with E-state index < -0.39 is 0 Å². The standard InChI is InChI=1S/C12H22/c1-9(11(3,4)5)10(2)12(6,7)8/h1-2H2,3-8H3. The minimum atomic E-state index is 0.143. The van der Waals surface area contributed by atoms with Crippen LogP contribution in [0.1, 0.15) is 41.5 Å². The highest BCUT2D eigenvalue weighted by molar-refractivity contribution is 5.34. The lowest BCUT2D eigenvalue weighted by atomic mass is 9.74. The first-order valence-electron chi connectivity index (χ1n) is 4.46. The maximum atomic E-state index is 4.09. The zero-order valence-electron chi connectivity index (χ0n) is 9.41. The minimum absolute atomic E-state index is 0.143. The van der Waals surface area contributed by atoms with E-state index in [4.69, 9.17) is 0 Å². The average molecular weight is 166 g/mol. The van der Waals surface area contributed by atoms with Crippen molar-refractivity contribution in [3.8, 4) is 0 Å². The zero-order valence-corrected chi connectivity index (χ0v) is 9.41. The molecule has 0 radical (unpaired) electrons. The summed E-state index contributed by atoms with van der Waals surface area (Å²) in [6.07, 6.45) is 0. The molecule has 0 spiro atoms. The summed E-state index contributed by atoms with van der Waals surface area (Å²) in [5.41, 5.74) is 2.61. The van der Waals surface area contributed by atoms with Crippen molar-refractivity contribution in [1.82, 2.24) is 0 Å². The van der Waals surface area contributed by atoms with Crippen molar-refractivity contribution in [2.45, 2.75) is 41.5 Å². The first-order valence-corrected chi connectivity index (χ1v) is 4.46. The SMILES string of the molecule is C=C(C(=C)C(C)(C)C)C(C)(C)C. The van der Waals surface area contributed by atoms with Crippen LogP contribution in [-0.2, 0) is 0 Å². The van der Waals surface area contributed by atoms with Gasteiger partial charge in [0.1, 0.15) is 0 Å². The van der Waals surface area contributed by atoms with Crippen molar-refractivity contribution in [3.05, 3.63) is 24.3 Å². The lowest BCUT2D eigenvalue weighted by molar-refractivity contribution is 0.449. The normalized spacial score (nSPS) is 12.8. The monoisotopic (exact) mass is 166 g/mol. The molecule has 0 atom stereocenters. The van der Waals surface area contributed by atoms with E-state index in [2.05, 4.69) is 54.7 Å². The maximum absolute atomic E-state index is 4.09. The van der Waals surface area contributed by atoms with E-state index in [1.54, 1.807) is 0 Å². The van der Waals surface area contributed by atoms with Gasteiger partial charge in [-0.3, -0.25) is 0 Å². The Morgan fingerprint density at radius 2 is 0.833 bits per heavy atom. The topological polar surface area (TPSA) is 0 Å². The minimum Gasteiger partial charge on any atom is -0.0950 e. The summed E-state index contributed by atoms with van der Waals surface area (Å²) in [7, 11) is 0. The van der Waals surface area contributed by atoms with Gasteiger partial charge in [-0.15, -0.1) is 0 Å². The van der Waals surface area contributed by atoms with Crippen molar-refractivity contribution in [2.24, 2.45) is 10.8 Å². The second-order valence-corrected chi connectivity index (χ2v) is 5.46. The highest BCUT2D eigenvalue weighted by atomic mass is 14.3. The zero-order chi connectivity index (χ0) is 10.2. The van der Waals surface area contributed by atoms with Gasteiger partial charge in [-0.25, -0.2) is 0 Å². The Labute approximate surface area is 77.4 Å². The summed E-state index contributed by atoms with van der Waals surface area (Å²) in [6.45, 7) is 21.2. The first kappa shape index (κ1) is 11.5. The van der Waals surface area contributed by atoms with Crippen LogP contribution < -0.4 is 0 Å². The summed E-state index contributed by atoms with van der Waals surface area (Å²) in [5.74, 6) is 0. The molecule has 70 valence electrons. The molecule has 0 bridgehead atoms. The molecule has 0 nitrogen and oxygen atoms in total. The van der Waals surface area contributed by atoms with Crippen LogP contribution in [-0.4, -0.2) is 0 Å². The molecule has 0 saturated heterocycles. The molecule has 0 aliphatic rings. The molecular formula is C12H22. The molecule has 0 aromatic carbocycles. The van der Waals surface area contributed by atoms with Crippen molar-refractivity contribution >= 4 is 0 Å². The lowest BCUT2D eigenvalue weighted by Crippen LogP contribution is -2.18. The molecule has 0 aromatic heterocycles. The second kappa shape index (κ2) is 3.08. The third kappa shape index (κ3) is 2.84. The van der Waals surface area contributed by atoms with Gasteiger partial charge < -0.3 is 0 Å². The average Bonchev–Trinajstić information content (AvgIpc) is 1.80. The Bertz CT molecular complexity index is 169. The van der Waals surface area contributed by atoms with Crippen LogP contribution in [0.4, 0.5) is 0 Å². The van der Waals surface area contributed by atoms with E-state index in [1.807, 2.05) is 0 Å². The van der Waals surface area contributed by atoms with Crippen LogP contribution in [0.3, 0.4) is 0 Å². The predicted octanol–water partition coefficient (Wildman–Crippen LogP) is 4.19. The molecule has 0 heterocycles. The van der Waals surface area contributed by atoms with Crippen LogP contribution in [0.2, 0.25) is 0 Å². The van der Waals surface area contributed by atoms with Gasteiger partial charge in [-0.2, -0.15) is 0 Å². The van der Waals surface area contributed by atoms with E-state index in [-0.39, 0.29) is 10.8 Å². The number of rotatable bonds is 1. The van der Waals surface area contributed by atoms with Gasteiger partial charge in [0, 0.05) is 0 Å². The summed E-state index contributed by atoms with van der Waals surface area (Å²) in [6, 6.07) is 0. The molecule has 0 fully saturated rings. The fraction of sp³-hybridized carbons (Fsp3) is 0.667. The van der Waals surface area contributed by atoms with Crippen LogP contribution in [0.15, 0.2) is 24.3 Å². The summed E-state index contributed by atoms with van der Waals surface area (Å²) < 4.78 is 0. The largest absolute Gasteiger partial charge is 0.0950 e. The molecule has 0 aliphatic carbocycles. The molecule has 12 heavy (non-hydrogen) atoms. The third-order valence-corrected chi connectivity index (χ3v) is 2.17. The summed E-state index contributed by atoms with van der Waals surface area (Å²) in [4.78, 5) is 0. The molecule has 0 aromatic rings. The Morgan fingerprint density at radius 1 is 0.667 bits per heavy atom. The quantitative estimate of drug-likeness (QED) is 0.512. The highest BCUT2D eigenvalue weighted by Crippen LogP contribution is 2.37. The second-order valence-electron chi connectivity index (χ2n) is 5.46. The highest BCUT2D eigenvalue weighted by Gasteiger charge is 2.24. The van der Waals surface area contributed by atoms with E-state index in [9.17, 15) is 0 Å². The van der Waals surface area contributed by atoms with Crippen molar-refractivity contribution in [2.75, 3.05) is 0 Å². The molecule has 0 saturated carbocycles. The Morgan fingerprint density at radius 3 is 0.917 bits per heavy atom. The van der Waals surface area contributed by atoms with Crippen molar-refractivity contribution < 1.29 is 0 Å². The van der Waals surface area contributed by atoms with E-state index in [0.717, 1.165) is 11.1 Å². The molecule has 0 rings (SSSR count). The number of hydrogen-bond donors (Lipinski definition) is 0. The van der Waals surface area contributed by atoms with Crippen molar-refractivity contribution in [1.29, 1.82) is 0 Å². The van der Waals surface area contributed by atoms with E-state index in [1.165, 1.54) is 0 Å². The first-order chi connectivity index (χ1) is 5.07. The molecule has 0 aliphatic heterocycles. The van der Waals surface area contributed by atoms with Crippen LogP contribution >= 0.6 is 0 Å². The van der Waals surface area contributed by atoms with Gasteiger partial charge in [0.05, 0.1) is 0 Å². The number of hydrogen-bond acceptors (Lipinski definition) is 0. The predicted molar refractivity (Wildman–Crippen MR) is 57.2 cm³/mol. The molecule has 0 unspecified atom stereocenters. The number of allylic oxidation sites excluding steroid dienone is 2. The van der Waals surface area contributed by atoms with E-state index >= 15 is 0 Å². The summed E-state index contributed by atoms with van der Waals surface area (Å²) >= 11 is 0. The van der Waals surface area contributed by atoms with Gasteiger partial charge >= 0.3 is 0 Å². The van der Waals surface area contributed by atoms with Gasteiger partial charge in [0.15, 0.2) is 0 Å². The van der Waals surface area contributed by atoms with E-state index in [0.29, 0.717) is 0 Å². The fourth-order valence-electron chi connectivity index (χ4n) is 0.905. The third-order valence-electron chi connectivity index (χ3n) is 2.17. The fourth-order valence-corrected chi connectivity index (χ4v) is 0.905. The van der Waals surface area contributed by atoms with Gasteiger partial charge in [-0.1, -0.05) is 54.7 Å². The summed E-state index contributed by atoms with van der Waals surface area (Å²) in [5, 5.41) is 0. The Kier molecular flexibility index (Phi) is 2.95.